The van der Waals surface area contributed by atoms with E-state index in [1.54, 1.807) is 6.21 Å². The molecule has 0 aliphatic rings. The van der Waals surface area contributed by atoms with E-state index < -0.39 is 0 Å². The lowest BCUT2D eigenvalue weighted by atomic mass is 10.4. The molecule has 0 amide bonds. The van der Waals surface area contributed by atoms with Gasteiger partial charge in [0.25, 0.3) is 0 Å². The largest absolute Gasteiger partial charge is 0.269 e. The van der Waals surface area contributed by atoms with Gasteiger partial charge < -0.3 is 0 Å². The quantitative estimate of drug-likeness (QED) is 0.508. The van der Waals surface area contributed by atoms with Crippen molar-refractivity contribution in [2.24, 2.45) is 4.99 Å². The van der Waals surface area contributed by atoms with Crippen LogP contribution in [-0.2, 0) is 0 Å². The second-order valence-electron chi connectivity index (χ2n) is 1.61. The zero-order valence-electron chi connectivity index (χ0n) is 11.1. The first-order valence-corrected chi connectivity index (χ1v) is 5.38. The first-order valence-electron chi connectivity index (χ1n) is 5.38. The third kappa shape index (κ3) is 86.9. The number of hydrogen-bond donors (Lipinski definition) is 0. The highest BCUT2D eigenvalue weighted by atomic mass is 14.7. The molecule has 0 unspecified atom stereocenters. The van der Waals surface area contributed by atoms with Crippen LogP contribution in [0.25, 0.3) is 0 Å². The Kier molecular flexibility index (Phi) is 74.2. The van der Waals surface area contributed by atoms with E-state index in [0.717, 1.165) is 0 Å². The third-order valence-corrected chi connectivity index (χ3v) is 0.482. The van der Waals surface area contributed by atoms with Crippen molar-refractivity contribution in [3.8, 4) is 0 Å². The first kappa shape index (κ1) is 22.8. The summed E-state index contributed by atoms with van der Waals surface area (Å²) in [6.07, 6.45) is 3.60. The molecule has 0 aliphatic carbocycles. The van der Waals surface area contributed by atoms with E-state index in [1.165, 1.54) is 5.57 Å². The van der Waals surface area contributed by atoms with E-state index in [2.05, 4.69) is 4.99 Å². The van der Waals surface area contributed by atoms with Gasteiger partial charge in [-0.25, -0.2) is 0 Å². The Labute approximate surface area is 86.0 Å². The molecule has 0 N–H and O–H groups in total. The predicted molar refractivity (Wildman–Crippen MR) is 67.6 cm³/mol. The molecule has 0 radical (unpaired) electrons. The Bertz CT molecular complexity index is 87.3. The van der Waals surface area contributed by atoms with Gasteiger partial charge in [-0.1, -0.05) is 47.1 Å². The van der Waals surface area contributed by atoms with E-state index in [9.17, 15) is 0 Å². The van der Waals surface area contributed by atoms with Crippen LogP contribution in [0.2, 0.25) is 0 Å². The second-order valence-corrected chi connectivity index (χ2v) is 1.61. The predicted octanol–water partition coefficient (Wildman–Crippen LogP) is 5.08. The molecule has 0 spiro atoms. The number of nitrogens with zero attached hydrogens (tertiary/aromatic N) is 1. The van der Waals surface area contributed by atoms with E-state index in [4.69, 9.17) is 0 Å². The molecule has 0 aromatic rings. The van der Waals surface area contributed by atoms with E-state index in [1.807, 2.05) is 68.5 Å². The molecule has 0 bridgehead atoms. The van der Waals surface area contributed by atoms with E-state index in [0.29, 0.717) is 0 Å². The minimum atomic E-state index is 1.23. The summed E-state index contributed by atoms with van der Waals surface area (Å²) in [6.45, 7) is 17.9. The van der Waals surface area contributed by atoms with Crippen molar-refractivity contribution in [1.82, 2.24) is 0 Å². The summed E-state index contributed by atoms with van der Waals surface area (Å²) in [6, 6.07) is 0. The summed E-state index contributed by atoms with van der Waals surface area (Å²) < 4.78 is 0. The first-order chi connectivity index (χ1) is 6.27. The monoisotopic (exact) mass is 187 g/mol. The van der Waals surface area contributed by atoms with Crippen molar-refractivity contribution >= 4 is 6.21 Å². The molecule has 82 valence electrons. The second kappa shape index (κ2) is 42.2. The highest BCUT2D eigenvalue weighted by Gasteiger charge is 1.66. The Morgan fingerprint density at radius 2 is 1.15 bits per heavy atom. The Hall–Kier alpha value is -0.590. The molecule has 1 nitrogen and oxygen atoms in total. The van der Waals surface area contributed by atoms with Gasteiger partial charge in [0.15, 0.2) is 0 Å². The molecule has 0 heterocycles. The molecule has 0 saturated heterocycles. The lowest BCUT2D eigenvalue weighted by molar-refractivity contribution is 1.34. The molecule has 0 aliphatic heterocycles. The Balaban J connectivity index is -0.0000000573. The van der Waals surface area contributed by atoms with Gasteiger partial charge >= 0.3 is 0 Å². The van der Waals surface area contributed by atoms with Crippen molar-refractivity contribution in [3.05, 3.63) is 11.8 Å². The molecular weight excluding hydrogens is 158 g/mol. The van der Waals surface area contributed by atoms with Gasteiger partial charge in [0, 0.05) is 12.4 Å². The van der Waals surface area contributed by atoms with Crippen molar-refractivity contribution in [1.29, 1.82) is 0 Å². The maximum Gasteiger partial charge on any atom is 0.0250 e. The normalized spacial score (nSPS) is 6.54. The van der Waals surface area contributed by atoms with Crippen molar-refractivity contribution in [2.45, 2.75) is 62.3 Å². The van der Waals surface area contributed by atoms with Gasteiger partial charge in [0.05, 0.1) is 0 Å². The van der Waals surface area contributed by atoms with Crippen LogP contribution in [0, 0.1) is 0 Å². The third-order valence-electron chi connectivity index (χ3n) is 0.482. The summed E-state index contributed by atoms with van der Waals surface area (Å²) in [5, 5.41) is 0. The van der Waals surface area contributed by atoms with Crippen LogP contribution in [0.3, 0.4) is 0 Å². The maximum absolute atomic E-state index is 3.88. The fourth-order valence-electron chi connectivity index (χ4n) is 0.224. The maximum atomic E-state index is 3.88. The summed E-state index contributed by atoms with van der Waals surface area (Å²) >= 11 is 0. The van der Waals surface area contributed by atoms with Crippen LogP contribution in [0.5, 0.6) is 0 Å². The molecule has 0 rings (SSSR count). The summed E-state index contributed by atoms with van der Waals surface area (Å²) in [5.41, 5.74) is 1.23. The zero-order chi connectivity index (χ0) is 11.7. The van der Waals surface area contributed by atoms with E-state index in [-0.39, 0.29) is 0 Å². The van der Waals surface area contributed by atoms with Crippen LogP contribution >= 0.6 is 0 Å². The van der Waals surface area contributed by atoms with Gasteiger partial charge in [-0.3, -0.25) is 4.99 Å². The lowest BCUT2D eigenvalue weighted by Gasteiger charge is -1.78. The van der Waals surface area contributed by atoms with Gasteiger partial charge in [-0.15, -0.1) is 0 Å². The average molecular weight is 187 g/mol. The summed E-state index contributed by atoms with van der Waals surface area (Å²) in [5.74, 6) is 0. The van der Waals surface area contributed by atoms with Gasteiger partial charge in [-0.05, 0) is 20.8 Å². The topological polar surface area (TPSA) is 12.4 Å². The fourth-order valence-corrected chi connectivity index (χ4v) is 0.224. The van der Waals surface area contributed by atoms with Crippen LogP contribution in [-0.4, -0.2) is 6.21 Å². The van der Waals surface area contributed by atoms with Gasteiger partial charge in [0.2, 0.25) is 0 Å². The Morgan fingerprint density at radius 1 is 0.846 bits per heavy atom. The molecule has 1 heteroatoms. The summed E-state index contributed by atoms with van der Waals surface area (Å²) in [4.78, 5) is 3.88. The van der Waals surface area contributed by atoms with Gasteiger partial charge in [-0.2, -0.15) is 0 Å². The number of aliphatic imine (C=N–C) groups is 1. The summed E-state index contributed by atoms with van der Waals surface area (Å²) in [7, 11) is 0. The Morgan fingerprint density at radius 3 is 1.23 bits per heavy atom. The smallest absolute Gasteiger partial charge is 0.0250 e. The molecular formula is C12H29N. The van der Waals surface area contributed by atoms with Crippen molar-refractivity contribution in [2.75, 3.05) is 0 Å². The minimum absolute atomic E-state index is 1.23. The molecule has 0 atom stereocenters. The fraction of sp³-hybridized carbons (Fsp3) is 0.750. The number of allylic oxidation sites excluding steroid dienone is 1. The molecule has 0 aromatic carbocycles. The molecule has 13 heavy (non-hydrogen) atoms. The van der Waals surface area contributed by atoms with Gasteiger partial charge in [0.1, 0.15) is 0 Å². The molecule has 0 fully saturated rings. The van der Waals surface area contributed by atoms with Crippen LogP contribution in [0.4, 0.5) is 0 Å². The average Bonchev–Trinajstić information content (AvgIpc) is 2.24. The molecule has 0 aromatic heterocycles. The highest BCUT2D eigenvalue weighted by Crippen LogP contribution is 1.85. The van der Waals surface area contributed by atoms with Crippen molar-refractivity contribution in [3.63, 3.8) is 0 Å². The zero-order valence-corrected chi connectivity index (χ0v) is 11.1. The lowest BCUT2D eigenvalue weighted by Crippen LogP contribution is -1.59. The van der Waals surface area contributed by atoms with Crippen molar-refractivity contribution < 1.29 is 0 Å². The van der Waals surface area contributed by atoms with E-state index >= 15 is 0 Å². The van der Waals surface area contributed by atoms with Crippen LogP contribution in [0.1, 0.15) is 62.3 Å². The SMILES string of the molecule is CC.CC.CC.CC=NC=C(C)C. The number of rotatable bonds is 1. The minimum Gasteiger partial charge on any atom is -0.269 e. The standard InChI is InChI=1S/C6H11N.3C2H6/c1-4-7-5-6(2)3;3*1-2/h4-5H,1-3H3;3*1-2H3. The molecule has 0 saturated carbocycles. The van der Waals surface area contributed by atoms with Crippen LogP contribution < -0.4 is 0 Å². The number of hydrogen-bond acceptors (Lipinski definition) is 1. The highest BCUT2D eigenvalue weighted by molar-refractivity contribution is 5.54. The van der Waals surface area contributed by atoms with Crippen LogP contribution in [0.15, 0.2) is 16.8 Å².